The number of rotatable bonds is 5. The second kappa shape index (κ2) is 10.1. The van der Waals surface area contributed by atoms with Crippen LogP contribution < -0.4 is 10.6 Å². The van der Waals surface area contributed by atoms with Crippen molar-refractivity contribution in [2.24, 2.45) is 10.9 Å². The molecule has 0 radical (unpaired) electrons. The molecular weight excluding hydrogens is 420 g/mol. The van der Waals surface area contributed by atoms with Gasteiger partial charge in [-0.2, -0.15) is 0 Å². The number of nitrogens with zero attached hydrogens (tertiary/aromatic N) is 3. The van der Waals surface area contributed by atoms with Crippen molar-refractivity contribution in [3.05, 3.63) is 29.8 Å². The molecule has 0 aliphatic carbocycles. The SMILES string of the molecule is CCNC(=NCc1ncccc1F)NC1CN(C(C)C)CC1C.I. The highest BCUT2D eigenvalue weighted by Gasteiger charge is 2.31. The predicted octanol–water partition coefficient (Wildman–Crippen LogP) is 2.62. The van der Waals surface area contributed by atoms with Gasteiger partial charge in [0.2, 0.25) is 0 Å². The van der Waals surface area contributed by atoms with E-state index in [0.29, 0.717) is 23.7 Å². The lowest BCUT2D eigenvalue weighted by Crippen LogP contribution is -2.46. The van der Waals surface area contributed by atoms with E-state index in [2.05, 4.69) is 46.3 Å². The lowest BCUT2D eigenvalue weighted by Gasteiger charge is -2.21. The van der Waals surface area contributed by atoms with Crippen molar-refractivity contribution in [3.8, 4) is 0 Å². The Kier molecular flexibility index (Phi) is 8.90. The zero-order valence-electron chi connectivity index (χ0n) is 14.9. The van der Waals surface area contributed by atoms with Crippen molar-refractivity contribution in [2.75, 3.05) is 19.6 Å². The molecule has 1 aromatic heterocycles. The fourth-order valence-corrected chi connectivity index (χ4v) is 2.80. The Balaban J connectivity index is 0.00000288. The van der Waals surface area contributed by atoms with E-state index in [-0.39, 0.29) is 36.3 Å². The number of aliphatic imine (C=N–C) groups is 1. The third-order valence-corrected chi connectivity index (χ3v) is 4.26. The van der Waals surface area contributed by atoms with E-state index in [9.17, 15) is 4.39 Å². The highest BCUT2D eigenvalue weighted by molar-refractivity contribution is 14.0. The molecule has 1 fully saturated rings. The highest BCUT2D eigenvalue weighted by atomic mass is 127. The Morgan fingerprint density at radius 2 is 2.21 bits per heavy atom. The monoisotopic (exact) mass is 449 g/mol. The zero-order chi connectivity index (χ0) is 16.8. The molecule has 2 N–H and O–H groups in total. The molecule has 1 aliphatic heterocycles. The smallest absolute Gasteiger partial charge is 0.191 e. The highest BCUT2D eigenvalue weighted by Crippen LogP contribution is 2.18. The molecule has 2 rings (SSSR count). The van der Waals surface area contributed by atoms with Crippen molar-refractivity contribution >= 4 is 29.9 Å². The number of guanidine groups is 1. The standard InChI is InChI=1S/C17H28FN5.HI/c1-5-19-17(21-9-15-14(18)7-6-8-20-15)22-16-11-23(12(2)3)10-13(16)4;/h6-8,12-13,16H,5,9-11H2,1-4H3,(H2,19,21,22);1H. The first-order chi connectivity index (χ1) is 11.0. The van der Waals surface area contributed by atoms with Crippen molar-refractivity contribution in [1.82, 2.24) is 20.5 Å². The number of likely N-dealkylation sites (tertiary alicyclic amines) is 1. The largest absolute Gasteiger partial charge is 0.357 e. The number of hydrogen-bond donors (Lipinski definition) is 2. The summed E-state index contributed by atoms with van der Waals surface area (Å²) in [4.78, 5) is 11.0. The summed E-state index contributed by atoms with van der Waals surface area (Å²) < 4.78 is 13.7. The van der Waals surface area contributed by atoms with Gasteiger partial charge in [-0.05, 0) is 38.8 Å². The fourth-order valence-electron chi connectivity index (χ4n) is 2.80. The lowest BCUT2D eigenvalue weighted by atomic mass is 10.1. The maximum absolute atomic E-state index is 13.7. The first-order valence-corrected chi connectivity index (χ1v) is 8.39. The second-order valence-corrected chi connectivity index (χ2v) is 6.40. The molecule has 1 saturated heterocycles. The van der Waals surface area contributed by atoms with Gasteiger partial charge in [-0.15, -0.1) is 24.0 Å². The zero-order valence-corrected chi connectivity index (χ0v) is 17.3. The average Bonchev–Trinajstić information content (AvgIpc) is 2.88. The molecular formula is C17H29FIN5. The van der Waals surface area contributed by atoms with Gasteiger partial charge in [0.15, 0.2) is 5.96 Å². The Labute approximate surface area is 161 Å². The van der Waals surface area contributed by atoms with Gasteiger partial charge in [-0.1, -0.05) is 6.92 Å². The molecule has 1 aliphatic rings. The van der Waals surface area contributed by atoms with Crippen molar-refractivity contribution in [2.45, 2.75) is 46.3 Å². The van der Waals surface area contributed by atoms with Crippen LogP contribution in [0.2, 0.25) is 0 Å². The number of aromatic nitrogens is 1. The number of nitrogens with one attached hydrogen (secondary N) is 2. The minimum Gasteiger partial charge on any atom is -0.357 e. The van der Waals surface area contributed by atoms with Crippen LogP contribution >= 0.6 is 24.0 Å². The Bertz CT molecular complexity index is 537. The van der Waals surface area contributed by atoms with Crippen LogP contribution in [0.25, 0.3) is 0 Å². The van der Waals surface area contributed by atoms with Crippen LogP contribution in [0.1, 0.15) is 33.4 Å². The summed E-state index contributed by atoms with van der Waals surface area (Å²) in [6, 6.07) is 3.90. The summed E-state index contributed by atoms with van der Waals surface area (Å²) >= 11 is 0. The van der Waals surface area contributed by atoms with Gasteiger partial charge in [0.1, 0.15) is 5.82 Å². The van der Waals surface area contributed by atoms with E-state index in [1.54, 1.807) is 12.3 Å². The predicted molar refractivity (Wildman–Crippen MR) is 107 cm³/mol. The van der Waals surface area contributed by atoms with Crippen LogP contribution in [0.5, 0.6) is 0 Å². The van der Waals surface area contributed by atoms with Crippen molar-refractivity contribution < 1.29 is 4.39 Å². The van der Waals surface area contributed by atoms with Crippen molar-refractivity contribution in [3.63, 3.8) is 0 Å². The lowest BCUT2D eigenvalue weighted by molar-refractivity contribution is 0.265. The van der Waals surface area contributed by atoms with E-state index >= 15 is 0 Å². The van der Waals surface area contributed by atoms with E-state index in [4.69, 9.17) is 0 Å². The Morgan fingerprint density at radius 1 is 1.46 bits per heavy atom. The molecule has 2 atom stereocenters. The van der Waals surface area contributed by atoms with E-state index in [1.165, 1.54) is 6.07 Å². The molecule has 7 heteroatoms. The number of pyridine rings is 1. The maximum atomic E-state index is 13.7. The van der Waals surface area contributed by atoms with Crippen LogP contribution in [0, 0.1) is 11.7 Å². The maximum Gasteiger partial charge on any atom is 0.191 e. The minimum atomic E-state index is -0.313. The van der Waals surface area contributed by atoms with Gasteiger partial charge in [0.25, 0.3) is 0 Å². The van der Waals surface area contributed by atoms with Gasteiger partial charge < -0.3 is 10.6 Å². The third kappa shape index (κ3) is 5.84. The van der Waals surface area contributed by atoms with Gasteiger partial charge in [-0.3, -0.25) is 9.88 Å². The van der Waals surface area contributed by atoms with Gasteiger partial charge >= 0.3 is 0 Å². The molecule has 1 aromatic rings. The van der Waals surface area contributed by atoms with Crippen LogP contribution in [-0.2, 0) is 6.54 Å². The molecule has 2 heterocycles. The average molecular weight is 449 g/mol. The summed E-state index contributed by atoms with van der Waals surface area (Å²) in [5.41, 5.74) is 0.369. The minimum absolute atomic E-state index is 0. The second-order valence-electron chi connectivity index (χ2n) is 6.40. The van der Waals surface area contributed by atoms with E-state index < -0.39 is 0 Å². The molecule has 0 amide bonds. The fraction of sp³-hybridized carbons (Fsp3) is 0.647. The van der Waals surface area contributed by atoms with Gasteiger partial charge in [0.05, 0.1) is 12.2 Å². The number of halogens is 2. The quantitative estimate of drug-likeness (QED) is 0.413. The Morgan fingerprint density at radius 3 is 2.79 bits per heavy atom. The first-order valence-electron chi connectivity index (χ1n) is 8.39. The molecule has 5 nitrogen and oxygen atoms in total. The van der Waals surface area contributed by atoms with E-state index in [0.717, 1.165) is 25.6 Å². The van der Waals surface area contributed by atoms with Crippen LogP contribution in [0.3, 0.4) is 0 Å². The van der Waals surface area contributed by atoms with Gasteiger partial charge in [-0.25, -0.2) is 9.38 Å². The van der Waals surface area contributed by atoms with Crippen molar-refractivity contribution in [1.29, 1.82) is 0 Å². The molecule has 0 saturated carbocycles. The molecule has 136 valence electrons. The summed E-state index contributed by atoms with van der Waals surface area (Å²) in [7, 11) is 0. The van der Waals surface area contributed by atoms with E-state index in [1.807, 2.05) is 6.92 Å². The Hall–Kier alpha value is -0.960. The summed E-state index contributed by atoms with van der Waals surface area (Å²) in [6.07, 6.45) is 1.59. The number of hydrogen-bond acceptors (Lipinski definition) is 3. The first kappa shape index (κ1) is 21.1. The summed E-state index contributed by atoms with van der Waals surface area (Å²) in [5.74, 6) is 0.958. The molecule has 2 unspecified atom stereocenters. The van der Waals surface area contributed by atoms with Gasteiger partial charge in [0, 0.05) is 37.9 Å². The summed E-state index contributed by atoms with van der Waals surface area (Å²) in [6.45, 7) is 11.8. The molecule has 0 aromatic carbocycles. The topological polar surface area (TPSA) is 52.6 Å². The normalized spacial score (nSPS) is 21.7. The molecule has 24 heavy (non-hydrogen) atoms. The van der Waals surface area contributed by atoms with Crippen LogP contribution in [0.4, 0.5) is 4.39 Å². The third-order valence-electron chi connectivity index (χ3n) is 4.26. The van der Waals surface area contributed by atoms with Crippen LogP contribution in [0.15, 0.2) is 23.3 Å². The molecule has 0 bridgehead atoms. The molecule has 0 spiro atoms. The summed E-state index contributed by atoms with van der Waals surface area (Å²) in [5, 5.41) is 6.72. The van der Waals surface area contributed by atoms with Crippen LogP contribution in [-0.4, -0.2) is 47.6 Å².